The first-order valence-electron chi connectivity index (χ1n) is 8.71. The van der Waals surface area contributed by atoms with Crippen LogP contribution in [0.2, 0.25) is 0 Å². The molecule has 0 saturated heterocycles. The molecule has 3 rings (SSSR count). The first kappa shape index (κ1) is 19.8. The minimum absolute atomic E-state index is 0.170. The van der Waals surface area contributed by atoms with Gasteiger partial charge in [0, 0.05) is 30.5 Å². The van der Waals surface area contributed by atoms with Crippen molar-refractivity contribution in [2.45, 2.75) is 12.8 Å². The molecule has 1 aliphatic rings. The fraction of sp³-hybridized carbons (Fsp3) is 0.263. The van der Waals surface area contributed by atoms with Crippen LogP contribution in [0.25, 0.3) is 0 Å². The molecule has 0 bridgehead atoms. The van der Waals surface area contributed by atoms with Gasteiger partial charge in [0.2, 0.25) is 5.91 Å². The number of halogens is 1. The summed E-state index contributed by atoms with van der Waals surface area (Å²) in [7, 11) is 0. The van der Waals surface area contributed by atoms with Crippen LogP contribution in [0.4, 0.5) is 0 Å². The van der Waals surface area contributed by atoms with Gasteiger partial charge < -0.3 is 15.1 Å². The molecule has 1 aliphatic heterocycles. The molecule has 2 N–H and O–H groups in total. The van der Waals surface area contributed by atoms with E-state index < -0.39 is 0 Å². The van der Waals surface area contributed by atoms with Crippen molar-refractivity contribution < 1.29 is 23.6 Å². The maximum absolute atomic E-state index is 12.3. The van der Waals surface area contributed by atoms with Crippen LogP contribution in [0, 0.1) is 0 Å². The monoisotopic (exact) mass is 447 g/mol. The van der Waals surface area contributed by atoms with E-state index in [9.17, 15) is 19.2 Å². The molecule has 0 radical (unpaired) electrons. The number of amides is 4. The molecule has 0 atom stereocenters. The van der Waals surface area contributed by atoms with Crippen molar-refractivity contribution in [3.8, 4) is 0 Å². The maximum atomic E-state index is 12.3. The Hall–Kier alpha value is -2.94. The van der Waals surface area contributed by atoms with Crippen LogP contribution in [0.1, 0.15) is 44.1 Å². The molecule has 0 spiro atoms. The standard InChI is InChI=1S/C19H18BrN3O5/c20-12-5-6-13-14(11-12)19(27)23(18(13)26)9-1-4-16(24)21-7-8-22-17(25)15-3-2-10-28-15/h2-3,5-6,10-11H,1,4,7-9H2,(H,21,24)(H,22,25). The molecule has 0 unspecified atom stereocenters. The highest BCUT2D eigenvalue weighted by Crippen LogP contribution is 2.26. The molecule has 1 aromatic heterocycles. The summed E-state index contributed by atoms with van der Waals surface area (Å²) in [5.74, 6) is -1.04. The third kappa shape index (κ3) is 4.48. The highest BCUT2D eigenvalue weighted by Gasteiger charge is 2.35. The van der Waals surface area contributed by atoms with E-state index in [1.807, 2.05) is 0 Å². The zero-order valence-corrected chi connectivity index (χ0v) is 16.5. The average molecular weight is 448 g/mol. The number of carbonyl (C=O) groups excluding carboxylic acids is 4. The smallest absolute Gasteiger partial charge is 0.287 e. The Labute approximate surface area is 169 Å². The Morgan fingerprint density at radius 2 is 1.79 bits per heavy atom. The summed E-state index contributed by atoms with van der Waals surface area (Å²) in [4.78, 5) is 49.3. The zero-order valence-electron chi connectivity index (χ0n) is 14.9. The number of hydrogen-bond acceptors (Lipinski definition) is 5. The fourth-order valence-corrected chi connectivity index (χ4v) is 3.19. The fourth-order valence-electron chi connectivity index (χ4n) is 2.82. The molecule has 8 nitrogen and oxygen atoms in total. The lowest BCUT2D eigenvalue weighted by Crippen LogP contribution is -2.35. The predicted molar refractivity (Wildman–Crippen MR) is 103 cm³/mol. The second-order valence-corrected chi connectivity index (χ2v) is 7.05. The van der Waals surface area contributed by atoms with Crippen LogP contribution in [0.3, 0.4) is 0 Å². The van der Waals surface area contributed by atoms with Gasteiger partial charge in [0.1, 0.15) is 0 Å². The van der Waals surface area contributed by atoms with Crippen LogP contribution < -0.4 is 10.6 Å². The van der Waals surface area contributed by atoms with Crippen molar-refractivity contribution in [2.24, 2.45) is 0 Å². The number of nitrogens with one attached hydrogen (secondary N) is 2. The Morgan fingerprint density at radius 1 is 1.04 bits per heavy atom. The molecule has 2 heterocycles. The second-order valence-electron chi connectivity index (χ2n) is 6.14. The van der Waals surface area contributed by atoms with Crippen molar-refractivity contribution in [1.29, 1.82) is 0 Å². The maximum Gasteiger partial charge on any atom is 0.287 e. The van der Waals surface area contributed by atoms with Crippen LogP contribution in [-0.4, -0.2) is 48.2 Å². The summed E-state index contributed by atoms with van der Waals surface area (Å²) in [5.41, 5.74) is 0.751. The van der Waals surface area contributed by atoms with Crippen LogP contribution in [0.5, 0.6) is 0 Å². The van der Waals surface area contributed by atoms with Gasteiger partial charge in [-0.05, 0) is 36.8 Å². The number of nitrogens with zero attached hydrogens (tertiary/aromatic N) is 1. The molecular formula is C19H18BrN3O5. The Kier molecular flexibility index (Phi) is 6.25. The van der Waals surface area contributed by atoms with E-state index in [1.54, 1.807) is 30.3 Å². The number of furan rings is 1. The molecule has 0 aliphatic carbocycles. The van der Waals surface area contributed by atoms with Gasteiger partial charge in [0.15, 0.2) is 5.76 Å². The van der Waals surface area contributed by atoms with Gasteiger partial charge in [0.05, 0.1) is 17.4 Å². The largest absolute Gasteiger partial charge is 0.459 e. The summed E-state index contributed by atoms with van der Waals surface area (Å²) in [6.45, 7) is 0.706. The van der Waals surface area contributed by atoms with Gasteiger partial charge >= 0.3 is 0 Å². The minimum atomic E-state index is -0.350. The van der Waals surface area contributed by atoms with Crippen molar-refractivity contribution in [3.63, 3.8) is 0 Å². The Morgan fingerprint density at radius 3 is 2.54 bits per heavy atom. The molecule has 0 saturated carbocycles. The zero-order chi connectivity index (χ0) is 20.1. The first-order valence-corrected chi connectivity index (χ1v) is 9.51. The lowest BCUT2D eigenvalue weighted by Gasteiger charge is -2.13. The molecule has 2 aromatic rings. The summed E-state index contributed by atoms with van der Waals surface area (Å²) in [6.07, 6.45) is 1.93. The molecular weight excluding hydrogens is 430 g/mol. The first-order chi connectivity index (χ1) is 13.5. The summed E-state index contributed by atoms with van der Waals surface area (Å²) >= 11 is 3.29. The predicted octanol–water partition coefficient (Wildman–Crippen LogP) is 1.96. The second kappa shape index (κ2) is 8.83. The van der Waals surface area contributed by atoms with E-state index in [4.69, 9.17) is 4.42 Å². The Balaban J connectivity index is 1.36. The van der Waals surface area contributed by atoms with Crippen LogP contribution in [-0.2, 0) is 4.79 Å². The highest BCUT2D eigenvalue weighted by atomic mass is 79.9. The van der Waals surface area contributed by atoms with Crippen LogP contribution in [0.15, 0.2) is 45.5 Å². The van der Waals surface area contributed by atoms with E-state index in [1.165, 1.54) is 6.26 Å². The Bertz CT molecular complexity index is 910. The molecule has 4 amide bonds. The van der Waals surface area contributed by atoms with Crippen molar-refractivity contribution in [3.05, 3.63) is 58.0 Å². The van der Waals surface area contributed by atoms with Gasteiger partial charge in [-0.15, -0.1) is 0 Å². The van der Waals surface area contributed by atoms with E-state index in [2.05, 4.69) is 26.6 Å². The van der Waals surface area contributed by atoms with Gasteiger partial charge in [-0.3, -0.25) is 24.1 Å². The van der Waals surface area contributed by atoms with E-state index >= 15 is 0 Å². The van der Waals surface area contributed by atoms with Crippen molar-refractivity contribution in [1.82, 2.24) is 15.5 Å². The molecule has 0 fully saturated rings. The number of fused-ring (bicyclic) bond motifs is 1. The normalized spacial score (nSPS) is 12.8. The SMILES string of the molecule is O=C(CCCN1C(=O)c2ccc(Br)cc2C1=O)NCCNC(=O)c1ccco1. The summed E-state index contributed by atoms with van der Waals surface area (Å²) < 4.78 is 5.69. The van der Waals surface area contributed by atoms with Crippen molar-refractivity contribution >= 4 is 39.6 Å². The highest BCUT2D eigenvalue weighted by molar-refractivity contribution is 9.10. The molecule has 9 heteroatoms. The summed E-state index contributed by atoms with van der Waals surface area (Å²) in [6, 6.07) is 8.12. The lowest BCUT2D eigenvalue weighted by atomic mass is 10.1. The van der Waals surface area contributed by atoms with Crippen molar-refractivity contribution in [2.75, 3.05) is 19.6 Å². The van der Waals surface area contributed by atoms with Gasteiger partial charge in [-0.1, -0.05) is 15.9 Å². The van der Waals surface area contributed by atoms with Gasteiger partial charge in [0.25, 0.3) is 17.7 Å². The summed E-state index contributed by atoms with van der Waals surface area (Å²) in [5, 5.41) is 5.30. The third-order valence-corrected chi connectivity index (χ3v) is 4.69. The number of benzene rings is 1. The molecule has 28 heavy (non-hydrogen) atoms. The number of imide groups is 1. The third-order valence-electron chi connectivity index (χ3n) is 4.20. The van der Waals surface area contributed by atoms with Gasteiger partial charge in [-0.25, -0.2) is 0 Å². The molecule has 1 aromatic carbocycles. The topological polar surface area (TPSA) is 109 Å². The number of rotatable bonds is 8. The van der Waals surface area contributed by atoms with E-state index in [0.29, 0.717) is 17.5 Å². The van der Waals surface area contributed by atoms with E-state index in [0.717, 1.165) is 9.37 Å². The van der Waals surface area contributed by atoms with Crippen LogP contribution >= 0.6 is 15.9 Å². The number of hydrogen-bond donors (Lipinski definition) is 2. The molecule has 146 valence electrons. The average Bonchev–Trinajstić information content (AvgIpc) is 3.29. The quantitative estimate of drug-likeness (QED) is 0.474. The number of carbonyl (C=O) groups is 4. The van der Waals surface area contributed by atoms with Gasteiger partial charge in [-0.2, -0.15) is 0 Å². The van der Waals surface area contributed by atoms with E-state index in [-0.39, 0.29) is 55.4 Å². The minimum Gasteiger partial charge on any atom is -0.459 e. The lowest BCUT2D eigenvalue weighted by molar-refractivity contribution is -0.121.